The fourth-order valence-corrected chi connectivity index (χ4v) is 8.73. The molecular weight excluding hydrogens is 670 g/mol. The van der Waals surface area contributed by atoms with Crippen LogP contribution >= 0.6 is 0 Å². The molecule has 2 fully saturated rings. The number of imidazole rings is 1. The van der Waals surface area contributed by atoms with Crippen LogP contribution < -0.4 is 4.90 Å². The quantitative estimate of drug-likeness (QED) is 0.168. The van der Waals surface area contributed by atoms with Crippen molar-refractivity contribution in [1.29, 1.82) is 0 Å². The number of carbonyl (C=O) groups is 1. The van der Waals surface area contributed by atoms with E-state index in [0.717, 1.165) is 89.2 Å². The number of fused-ring (bicyclic) bond motifs is 2. The molecule has 1 saturated heterocycles. The number of phenolic OH excluding ortho intramolecular Hbond substituents is 1. The average Bonchev–Trinajstić information content (AvgIpc) is 3.62. The van der Waals surface area contributed by atoms with E-state index in [-0.39, 0.29) is 11.7 Å². The molecule has 1 amide bonds. The lowest BCUT2D eigenvalue weighted by atomic mass is 9.79. The van der Waals surface area contributed by atoms with Gasteiger partial charge in [0, 0.05) is 69.2 Å². The molecular formula is C41H50FN9O2. The van der Waals surface area contributed by atoms with E-state index in [0.29, 0.717) is 55.6 Å². The van der Waals surface area contributed by atoms with Crippen LogP contribution in [0.5, 0.6) is 5.75 Å². The Morgan fingerprint density at radius 1 is 0.981 bits per heavy atom. The van der Waals surface area contributed by atoms with Crippen molar-refractivity contribution in [3.63, 3.8) is 0 Å². The summed E-state index contributed by atoms with van der Waals surface area (Å²) in [6.45, 7) is 11.9. The van der Waals surface area contributed by atoms with Crippen LogP contribution in [0.3, 0.4) is 0 Å². The summed E-state index contributed by atoms with van der Waals surface area (Å²) in [5, 5.41) is 18.5. The van der Waals surface area contributed by atoms with E-state index >= 15 is 0 Å². The van der Waals surface area contributed by atoms with Crippen LogP contribution in [0.2, 0.25) is 0 Å². The van der Waals surface area contributed by atoms with Gasteiger partial charge in [-0.25, -0.2) is 19.3 Å². The summed E-state index contributed by atoms with van der Waals surface area (Å²) in [7, 11) is 0. The van der Waals surface area contributed by atoms with Gasteiger partial charge < -0.3 is 19.9 Å². The largest absolute Gasteiger partial charge is 0.505 e. The lowest BCUT2D eigenvalue weighted by Gasteiger charge is -2.37. The number of H-pyrrole nitrogens is 2. The maximum atomic E-state index is 14.3. The van der Waals surface area contributed by atoms with E-state index in [1.807, 2.05) is 30.0 Å². The molecule has 1 saturated carbocycles. The van der Waals surface area contributed by atoms with Crippen LogP contribution in [-0.4, -0.2) is 96.3 Å². The van der Waals surface area contributed by atoms with Crippen molar-refractivity contribution < 1.29 is 14.3 Å². The Labute approximate surface area is 310 Å². The third kappa shape index (κ3) is 7.13. The summed E-state index contributed by atoms with van der Waals surface area (Å²) in [6.07, 6.45) is 11.8. The molecule has 11 nitrogen and oxygen atoms in total. The minimum absolute atomic E-state index is 0.109. The van der Waals surface area contributed by atoms with Crippen molar-refractivity contribution in [3.8, 4) is 28.4 Å². The van der Waals surface area contributed by atoms with Crippen molar-refractivity contribution in [2.45, 2.75) is 78.2 Å². The van der Waals surface area contributed by atoms with Gasteiger partial charge in [0.05, 0.1) is 23.6 Å². The Bertz CT molecular complexity index is 2060. The van der Waals surface area contributed by atoms with E-state index in [1.165, 1.54) is 37.8 Å². The number of phenols is 1. The smallest absolute Gasteiger partial charge is 0.274 e. The number of rotatable bonds is 7. The van der Waals surface area contributed by atoms with Gasteiger partial charge in [-0.2, -0.15) is 5.10 Å². The molecule has 0 spiro atoms. The minimum atomic E-state index is -0.644. The van der Waals surface area contributed by atoms with Gasteiger partial charge in [-0.05, 0) is 91.3 Å². The van der Waals surface area contributed by atoms with Crippen LogP contribution in [0.1, 0.15) is 80.3 Å². The zero-order valence-corrected chi connectivity index (χ0v) is 31.0. The predicted molar refractivity (Wildman–Crippen MR) is 204 cm³/mol. The van der Waals surface area contributed by atoms with Crippen LogP contribution in [0.4, 0.5) is 10.2 Å². The van der Waals surface area contributed by atoms with Gasteiger partial charge in [-0.3, -0.25) is 14.8 Å². The van der Waals surface area contributed by atoms with Crippen molar-refractivity contribution in [2.24, 2.45) is 11.8 Å². The highest BCUT2D eigenvalue weighted by Gasteiger charge is 2.29. The van der Waals surface area contributed by atoms with Gasteiger partial charge in [-0.1, -0.05) is 26.8 Å². The molecule has 3 aromatic heterocycles. The number of aromatic hydroxyl groups is 1. The Morgan fingerprint density at radius 2 is 1.81 bits per heavy atom. The van der Waals surface area contributed by atoms with E-state index in [9.17, 15) is 14.3 Å². The number of benzene rings is 2. The SMILES string of the molecule is CCc1cc(O)c(F)cc1-c1ccc2c(-c3nc4c([nH]3)CCN(C(=O)c3cnc(N5CCCN([C@H]6CC[C@@H](C(C)C)CC6)CC5)cn3)CC4)n[nH]c2c1. The number of amides is 1. The fraction of sp³-hybridized carbons (Fsp3) is 0.488. The Balaban J connectivity index is 0.886. The molecule has 1 aliphatic carbocycles. The molecule has 278 valence electrons. The summed E-state index contributed by atoms with van der Waals surface area (Å²) in [4.78, 5) is 38.2. The zero-order valence-electron chi connectivity index (χ0n) is 31.0. The standard InChI is InChI=1S/C41H50FN9O2/c1-4-26-21-37(52)32(42)22-31(26)28-8-11-30-35(20-28)47-48-39(30)40-45-33-12-16-51(17-13-34(33)46-40)41(53)36-23-44-38(24-43-36)50-15-5-14-49(18-19-50)29-9-6-27(7-10-29)25(2)3/h8,11,20-25,27,29,52H,4-7,9-10,12-19H2,1-3H3,(H,45,46)(H,47,48)/t27-,29+. The highest BCUT2D eigenvalue weighted by atomic mass is 19.1. The first-order chi connectivity index (χ1) is 25.7. The molecule has 2 aliphatic heterocycles. The molecule has 5 heterocycles. The molecule has 0 radical (unpaired) electrons. The molecule has 3 N–H and O–H groups in total. The van der Waals surface area contributed by atoms with Crippen LogP contribution in [0, 0.1) is 17.7 Å². The lowest BCUT2D eigenvalue weighted by molar-refractivity contribution is 0.0756. The number of anilines is 1. The first kappa shape index (κ1) is 35.2. The lowest BCUT2D eigenvalue weighted by Crippen LogP contribution is -2.41. The maximum Gasteiger partial charge on any atom is 0.274 e. The van der Waals surface area contributed by atoms with E-state index < -0.39 is 5.82 Å². The van der Waals surface area contributed by atoms with E-state index in [2.05, 4.69) is 43.8 Å². The molecule has 0 bridgehead atoms. The Kier molecular flexibility index (Phi) is 9.89. The van der Waals surface area contributed by atoms with Crippen LogP contribution in [0.15, 0.2) is 42.7 Å². The summed E-state index contributed by atoms with van der Waals surface area (Å²) >= 11 is 0. The first-order valence-corrected chi connectivity index (χ1v) is 19.4. The minimum Gasteiger partial charge on any atom is -0.505 e. The van der Waals surface area contributed by atoms with Crippen LogP contribution in [0.25, 0.3) is 33.5 Å². The van der Waals surface area contributed by atoms with Gasteiger partial charge in [0.2, 0.25) is 0 Å². The topological polar surface area (TPSA) is 130 Å². The zero-order chi connectivity index (χ0) is 36.6. The second-order valence-corrected chi connectivity index (χ2v) is 15.4. The molecule has 8 rings (SSSR count). The van der Waals surface area contributed by atoms with Crippen molar-refractivity contribution in [1.82, 2.24) is 39.9 Å². The normalized spacial score (nSPS) is 20.1. The summed E-state index contributed by atoms with van der Waals surface area (Å²) in [6, 6.07) is 9.44. The van der Waals surface area contributed by atoms with E-state index in [4.69, 9.17) is 9.97 Å². The second-order valence-electron chi connectivity index (χ2n) is 15.4. The Morgan fingerprint density at radius 3 is 2.58 bits per heavy atom. The number of aromatic amines is 2. The van der Waals surface area contributed by atoms with Crippen LogP contribution in [-0.2, 0) is 19.3 Å². The van der Waals surface area contributed by atoms with E-state index in [1.54, 1.807) is 12.4 Å². The number of nitrogens with one attached hydrogen (secondary N) is 2. The van der Waals surface area contributed by atoms with Gasteiger partial charge in [0.25, 0.3) is 5.91 Å². The summed E-state index contributed by atoms with van der Waals surface area (Å²) in [5.74, 6) is 2.09. The summed E-state index contributed by atoms with van der Waals surface area (Å²) < 4.78 is 14.3. The molecule has 3 aliphatic rings. The number of hydrogen-bond donors (Lipinski definition) is 3. The van der Waals surface area contributed by atoms with Crippen molar-refractivity contribution in [3.05, 3.63) is 71.2 Å². The molecule has 53 heavy (non-hydrogen) atoms. The number of hydrogen-bond acceptors (Lipinski definition) is 8. The second kappa shape index (κ2) is 14.9. The number of halogens is 1. The first-order valence-electron chi connectivity index (χ1n) is 19.4. The highest BCUT2D eigenvalue weighted by Crippen LogP contribution is 2.35. The number of carbonyl (C=O) groups excluding carboxylic acids is 1. The molecule has 0 unspecified atom stereocenters. The highest BCUT2D eigenvalue weighted by molar-refractivity contribution is 5.94. The maximum absolute atomic E-state index is 14.3. The molecule has 5 aromatic rings. The third-order valence-electron chi connectivity index (χ3n) is 12.0. The molecule has 0 atom stereocenters. The van der Waals surface area contributed by atoms with Gasteiger partial charge in [0.15, 0.2) is 17.4 Å². The van der Waals surface area contributed by atoms with Crippen molar-refractivity contribution >= 4 is 22.6 Å². The van der Waals surface area contributed by atoms with Crippen molar-refractivity contribution in [2.75, 3.05) is 44.2 Å². The predicted octanol–water partition coefficient (Wildman–Crippen LogP) is 6.79. The number of nitrogens with zero attached hydrogens (tertiary/aromatic N) is 7. The Hall–Kier alpha value is -4.84. The molecule has 2 aromatic carbocycles. The number of aryl methyl sites for hydroxylation is 1. The van der Waals surface area contributed by atoms with Gasteiger partial charge >= 0.3 is 0 Å². The monoisotopic (exact) mass is 719 g/mol. The fourth-order valence-electron chi connectivity index (χ4n) is 8.73. The molecule has 12 heteroatoms. The summed E-state index contributed by atoms with van der Waals surface area (Å²) in [5.41, 5.74) is 6.26. The third-order valence-corrected chi connectivity index (χ3v) is 12.0. The van der Waals surface area contributed by atoms with Gasteiger partial charge in [0.1, 0.15) is 17.2 Å². The average molecular weight is 720 g/mol. The van der Waals surface area contributed by atoms with Gasteiger partial charge in [-0.15, -0.1) is 0 Å². The number of aromatic nitrogens is 6.